The summed E-state index contributed by atoms with van der Waals surface area (Å²) in [5.41, 5.74) is 5.54. The second-order valence-corrected chi connectivity index (χ2v) is 14.7. The maximum atomic E-state index is 5.73. The van der Waals surface area contributed by atoms with Crippen LogP contribution >= 0.6 is 11.6 Å². The standard InChI is InChI=1S/C20H23N5.C14H20N2.C6H4ClN3/c1-2-4-16(5-3-1)14-25-13-12-24(11-9-20(25)7-8-20)19-17-6-10-21-18(17)22-15-23-19;1-2-4-13(5-3-1)12-16-11-10-15-9-8-14(16)6-7-14;7-5-4-1-2-8-6(4)10-3-9-5/h1-6,10,15H,7-9,11-14H2,(H,21,22,23);1-5,15H,6-12H2;1-3H,(H,8,9,10). The Hall–Kier alpha value is -4.35. The van der Waals surface area contributed by atoms with Gasteiger partial charge < -0.3 is 20.2 Å². The normalized spacial score (nSPS) is 19.5. The minimum absolute atomic E-state index is 0.412. The molecule has 2 aliphatic heterocycles. The molecule has 2 aliphatic carbocycles. The zero-order valence-corrected chi connectivity index (χ0v) is 29.9. The van der Waals surface area contributed by atoms with Gasteiger partial charge in [-0.25, -0.2) is 19.9 Å². The Morgan fingerprint density at radius 2 is 1.16 bits per heavy atom. The fraction of sp³-hybridized carbons (Fsp3) is 0.400. The zero-order chi connectivity index (χ0) is 34.5. The van der Waals surface area contributed by atoms with Gasteiger partial charge in [-0.3, -0.25) is 9.80 Å². The maximum Gasteiger partial charge on any atom is 0.142 e. The third-order valence-electron chi connectivity index (χ3n) is 11.2. The zero-order valence-electron chi connectivity index (χ0n) is 29.1. The largest absolute Gasteiger partial charge is 0.355 e. The lowest BCUT2D eigenvalue weighted by Gasteiger charge is -2.29. The summed E-state index contributed by atoms with van der Waals surface area (Å²) >= 11 is 5.73. The van der Waals surface area contributed by atoms with Crippen molar-refractivity contribution < 1.29 is 0 Å². The molecule has 10 rings (SSSR count). The van der Waals surface area contributed by atoms with Crippen molar-refractivity contribution in [3.05, 3.63) is 114 Å². The van der Waals surface area contributed by atoms with Gasteiger partial charge in [-0.05, 0) is 68.3 Å². The first kappa shape index (κ1) is 33.8. The number of rotatable bonds is 5. The molecule has 264 valence electrons. The van der Waals surface area contributed by atoms with Crippen molar-refractivity contribution in [3.63, 3.8) is 0 Å². The third-order valence-corrected chi connectivity index (χ3v) is 11.5. The molecule has 11 heteroatoms. The number of halogens is 1. The van der Waals surface area contributed by atoms with Crippen molar-refractivity contribution >= 4 is 39.5 Å². The first-order chi connectivity index (χ1) is 25.1. The Morgan fingerprint density at radius 3 is 1.80 bits per heavy atom. The smallest absolute Gasteiger partial charge is 0.142 e. The average molecular weight is 703 g/mol. The molecular formula is C40H47ClN10. The lowest BCUT2D eigenvalue weighted by Crippen LogP contribution is -2.37. The predicted molar refractivity (Wildman–Crippen MR) is 205 cm³/mol. The highest BCUT2D eigenvalue weighted by Gasteiger charge is 2.49. The Labute approximate surface area is 304 Å². The van der Waals surface area contributed by atoms with E-state index in [0.29, 0.717) is 16.2 Å². The van der Waals surface area contributed by atoms with E-state index in [-0.39, 0.29) is 0 Å². The SMILES string of the molecule is Clc1ncnc2[nH]ccc12.c1ccc(CN2CCN(c3ncnc4[nH]ccc34)CCC23CC3)cc1.c1ccc(CN2CCNCCC23CC3)cc1. The molecule has 2 saturated heterocycles. The van der Waals surface area contributed by atoms with E-state index in [1.165, 1.54) is 69.1 Å². The van der Waals surface area contributed by atoms with Gasteiger partial charge in [0.05, 0.1) is 10.8 Å². The quantitative estimate of drug-likeness (QED) is 0.168. The van der Waals surface area contributed by atoms with Gasteiger partial charge in [0, 0.05) is 69.3 Å². The van der Waals surface area contributed by atoms with Gasteiger partial charge in [0.15, 0.2) is 0 Å². The van der Waals surface area contributed by atoms with E-state index in [9.17, 15) is 0 Å². The van der Waals surface area contributed by atoms with Crippen molar-refractivity contribution in [2.24, 2.45) is 0 Å². The second kappa shape index (κ2) is 15.1. The number of aromatic nitrogens is 6. The van der Waals surface area contributed by atoms with Crippen LogP contribution in [0.4, 0.5) is 5.82 Å². The molecule has 10 nitrogen and oxygen atoms in total. The van der Waals surface area contributed by atoms with Gasteiger partial charge in [-0.2, -0.15) is 0 Å². The number of aromatic amines is 2. The molecule has 2 aromatic carbocycles. The molecule has 3 N–H and O–H groups in total. The van der Waals surface area contributed by atoms with Gasteiger partial charge in [-0.15, -0.1) is 0 Å². The molecular weight excluding hydrogens is 656 g/mol. The molecule has 0 unspecified atom stereocenters. The molecule has 2 saturated carbocycles. The number of H-pyrrole nitrogens is 2. The Bertz CT molecular complexity index is 2000. The number of hydrogen-bond donors (Lipinski definition) is 3. The fourth-order valence-electron chi connectivity index (χ4n) is 7.83. The second-order valence-electron chi connectivity index (χ2n) is 14.3. The minimum Gasteiger partial charge on any atom is -0.355 e. The van der Waals surface area contributed by atoms with Crippen LogP contribution in [0.2, 0.25) is 5.15 Å². The highest BCUT2D eigenvalue weighted by atomic mass is 35.5. The summed E-state index contributed by atoms with van der Waals surface area (Å²) in [6.07, 6.45) is 14.9. The molecule has 0 amide bonds. The van der Waals surface area contributed by atoms with E-state index in [1.807, 2.05) is 12.3 Å². The minimum atomic E-state index is 0.412. The molecule has 4 aliphatic rings. The molecule has 0 bridgehead atoms. The van der Waals surface area contributed by atoms with E-state index >= 15 is 0 Å². The van der Waals surface area contributed by atoms with E-state index < -0.39 is 0 Å². The fourth-order valence-corrected chi connectivity index (χ4v) is 8.03. The molecule has 0 radical (unpaired) electrons. The first-order valence-electron chi connectivity index (χ1n) is 18.4. The van der Waals surface area contributed by atoms with Crippen molar-refractivity contribution in [1.29, 1.82) is 0 Å². The van der Waals surface area contributed by atoms with Gasteiger partial charge in [0.25, 0.3) is 0 Å². The average Bonchev–Trinajstić information content (AvgIpc) is 4.06. The van der Waals surface area contributed by atoms with Crippen LogP contribution in [-0.2, 0) is 13.1 Å². The van der Waals surface area contributed by atoms with Crippen molar-refractivity contribution in [2.75, 3.05) is 44.2 Å². The molecule has 51 heavy (non-hydrogen) atoms. The summed E-state index contributed by atoms with van der Waals surface area (Å²) in [6.45, 7) is 8.91. The van der Waals surface area contributed by atoms with Crippen LogP contribution in [-0.4, -0.2) is 90.1 Å². The van der Waals surface area contributed by atoms with Gasteiger partial charge >= 0.3 is 0 Å². The van der Waals surface area contributed by atoms with Crippen LogP contribution in [0.15, 0.2) is 97.8 Å². The van der Waals surface area contributed by atoms with Crippen LogP contribution in [0, 0.1) is 0 Å². The van der Waals surface area contributed by atoms with Crippen LogP contribution in [0.25, 0.3) is 22.1 Å². The Morgan fingerprint density at radius 1 is 0.569 bits per heavy atom. The number of anilines is 1. The van der Waals surface area contributed by atoms with E-state index in [4.69, 9.17) is 11.6 Å². The Kier molecular flexibility index (Phi) is 10.00. The molecule has 4 aromatic heterocycles. The molecule has 6 heterocycles. The van der Waals surface area contributed by atoms with Crippen LogP contribution in [0.5, 0.6) is 0 Å². The summed E-state index contributed by atoms with van der Waals surface area (Å²) in [5.74, 6) is 1.07. The summed E-state index contributed by atoms with van der Waals surface area (Å²) in [5, 5.41) is 6.00. The third kappa shape index (κ3) is 7.79. The summed E-state index contributed by atoms with van der Waals surface area (Å²) in [7, 11) is 0. The lowest BCUT2D eigenvalue weighted by atomic mass is 10.1. The first-order valence-corrected chi connectivity index (χ1v) is 18.7. The molecule has 2 spiro atoms. The maximum absolute atomic E-state index is 5.73. The van der Waals surface area contributed by atoms with Crippen LogP contribution in [0.3, 0.4) is 0 Å². The number of hydrogen-bond acceptors (Lipinski definition) is 8. The highest BCUT2D eigenvalue weighted by Crippen LogP contribution is 2.47. The van der Waals surface area contributed by atoms with Gasteiger partial charge in [0.1, 0.15) is 34.9 Å². The Balaban J connectivity index is 0.000000122. The highest BCUT2D eigenvalue weighted by molar-refractivity contribution is 6.33. The summed E-state index contributed by atoms with van der Waals surface area (Å²) in [4.78, 5) is 30.7. The number of benzene rings is 2. The molecule has 0 atom stereocenters. The predicted octanol–water partition coefficient (Wildman–Crippen LogP) is 6.83. The van der Waals surface area contributed by atoms with E-state index in [2.05, 4.69) is 117 Å². The molecule has 6 aromatic rings. The van der Waals surface area contributed by atoms with Crippen LogP contribution in [0.1, 0.15) is 49.7 Å². The lowest BCUT2D eigenvalue weighted by molar-refractivity contribution is 0.177. The number of fused-ring (bicyclic) bond motifs is 2. The van der Waals surface area contributed by atoms with Gasteiger partial charge in [-0.1, -0.05) is 72.3 Å². The topological polar surface area (TPSA) is 105 Å². The summed E-state index contributed by atoms with van der Waals surface area (Å²) in [6, 6.07) is 25.7. The summed E-state index contributed by atoms with van der Waals surface area (Å²) < 4.78 is 0. The monoisotopic (exact) mass is 702 g/mol. The van der Waals surface area contributed by atoms with E-state index in [1.54, 1.807) is 12.5 Å². The number of nitrogens with zero attached hydrogens (tertiary/aromatic N) is 7. The van der Waals surface area contributed by atoms with Crippen LogP contribution < -0.4 is 10.2 Å². The van der Waals surface area contributed by atoms with Crippen molar-refractivity contribution in [2.45, 2.75) is 62.7 Å². The van der Waals surface area contributed by atoms with Gasteiger partial charge in [0.2, 0.25) is 0 Å². The number of nitrogens with one attached hydrogen (secondary N) is 3. The molecule has 4 fully saturated rings. The van der Waals surface area contributed by atoms with Crippen molar-refractivity contribution in [3.8, 4) is 0 Å². The van der Waals surface area contributed by atoms with E-state index in [0.717, 1.165) is 67.2 Å². The van der Waals surface area contributed by atoms with Crippen molar-refractivity contribution in [1.82, 2.24) is 45.0 Å².